The van der Waals surface area contributed by atoms with Crippen molar-refractivity contribution in [1.82, 2.24) is 4.98 Å². The summed E-state index contributed by atoms with van der Waals surface area (Å²) in [4.78, 5) is 7.03. The van der Waals surface area contributed by atoms with Gasteiger partial charge in [-0.05, 0) is 51.7 Å². The number of halogens is 1. The average Bonchev–Trinajstić information content (AvgIpc) is 2.62. The second-order valence-corrected chi connectivity index (χ2v) is 6.47. The van der Waals surface area contributed by atoms with E-state index >= 15 is 0 Å². The first-order chi connectivity index (χ1) is 9.15. The van der Waals surface area contributed by atoms with Gasteiger partial charge in [0.15, 0.2) is 11.6 Å². The Balaban J connectivity index is 1.90. The van der Waals surface area contributed by atoms with Gasteiger partial charge in [0, 0.05) is 23.7 Å². The summed E-state index contributed by atoms with van der Waals surface area (Å²) >= 11 is 6.34. The highest BCUT2D eigenvalue weighted by Gasteiger charge is 2.41. The molecule has 0 amide bonds. The van der Waals surface area contributed by atoms with Gasteiger partial charge in [-0.15, -0.1) is 11.6 Å². The largest absolute Gasteiger partial charge is 0.487 e. The van der Waals surface area contributed by atoms with E-state index in [1.54, 1.807) is 0 Å². The molecule has 2 atom stereocenters. The Morgan fingerprint density at radius 1 is 1.32 bits per heavy atom. The van der Waals surface area contributed by atoms with Crippen molar-refractivity contribution in [2.75, 3.05) is 4.90 Å². The molecule has 0 aliphatic carbocycles. The molecule has 1 aromatic rings. The molecule has 0 radical (unpaired) electrons. The van der Waals surface area contributed by atoms with Crippen LogP contribution in [0.1, 0.15) is 39.5 Å². The molecule has 2 aliphatic rings. The highest BCUT2D eigenvalue weighted by Crippen LogP contribution is 2.43. The third kappa shape index (κ3) is 2.53. The molecule has 3 heterocycles. The van der Waals surface area contributed by atoms with Gasteiger partial charge in [0.2, 0.25) is 0 Å². The Kier molecular flexibility index (Phi) is 3.57. The maximum atomic E-state index is 6.34. The van der Waals surface area contributed by atoms with E-state index in [0.717, 1.165) is 24.4 Å². The number of fused-ring (bicyclic) bond motifs is 2. The Morgan fingerprint density at radius 2 is 2.00 bits per heavy atom. The molecule has 2 unspecified atom stereocenters. The Hall–Kier alpha value is -0.960. The first-order valence-corrected chi connectivity index (χ1v) is 7.63. The summed E-state index contributed by atoms with van der Waals surface area (Å²) in [6.45, 7) is 4.10. The zero-order valence-corrected chi connectivity index (χ0v) is 12.3. The quantitative estimate of drug-likeness (QED) is 0.791. The number of anilines is 1. The molecular weight excluding hydrogens is 260 g/mol. The lowest BCUT2D eigenvalue weighted by Crippen LogP contribution is -2.44. The van der Waals surface area contributed by atoms with Crippen LogP contribution in [0.2, 0.25) is 0 Å². The maximum absolute atomic E-state index is 6.34. The lowest BCUT2D eigenvalue weighted by atomic mass is 10.0. The number of nitrogens with zero attached hydrogens (tertiary/aromatic N) is 2. The Morgan fingerprint density at radius 3 is 2.63 bits per heavy atom. The van der Waals surface area contributed by atoms with Crippen molar-refractivity contribution >= 4 is 17.4 Å². The van der Waals surface area contributed by atoms with Crippen molar-refractivity contribution in [2.24, 2.45) is 0 Å². The normalized spacial score (nSPS) is 29.9. The standard InChI is InChI=1S/C15H21ClN2O/c1-10(2)19-14-4-3-7-17-15(14)18-12-5-6-13(18)9-11(16)8-12/h3-4,7,10-13H,5-6,8-9H2,1-2H3. The summed E-state index contributed by atoms with van der Waals surface area (Å²) in [6, 6.07) is 5.03. The van der Waals surface area contributed by atoms with Gasteiger partial charge < -0.3 is 9.64 Å². The highest BCUT2D eigenvalue weighted by atomic mass is 35.5. The fraction of sp³-hybridized carbons (Fsp3) is 0.667. The fourth-order valence-electron chi connectivity index (χ4n) is 3.38. The molecule has 0 aromatic carbocycles. The van der Waals surface area contributed by atoms with E-state index in [1.807, 2.05) is 18.3 Å². The van der Waals surface area contributed by atoms with Crippen LogP contribution in [0, 0.1) is 0 Å². The number of hydrogen-bond acceptors (Lipinski definition) is 3. The minimum atomic E-state index is 0.172. The van der Waals surface area contributed by atoms with Crippen molar-refractivity contribution in [3.63, 3.8) is 0 Å². The van der Waals surface area contributed by atoms with Crippen molar-refractivity contribution in [3.8, 4) is 5.75 Å². The molecule has 19 heavy (non-hydrogen) atoms. The molecule has 4 heteroatoms. The van der Waals surface area contributed by atoms with Gasteiger partial charge in [-0.3, -0.25) is 0 Å². The van der Waals surface area contributed by atoms with Crippen LogP contribution in [0.3, 0.4) is 0 Å². The van der Waals surface area contributed by atoms with Crippen LogP contribution < -0.4 is 9.64 Å². The molecule has 0 spiro atoms. The van der Waals surface area contributed by atoms with Gasteiger partial charge in [-0.1, -0.05) is 0 Å². The molecule has 0 saturated carbocycles. The van der Waals surface area contributed by atoms with Crippen LogP contribution >= 0.6 is 11.6 Å². The minimum absolute atomic E-state index is 0.172. The van der Waals surface area contributed by atoms with Crippen molar-refractivity contribution in [3.05, 3.63) is 18.3 Å². The molecule has 2 aliphatic heterocycles. The molecule has 2 saturated heterocycles. The van der Waals surface area contributed by atoms with Gasteiger partial charge >= 0.3 is 0 Å². The highest BCUT2D eigenvalue weighted by molar-refractivity contribution is 6.20. The van der Waals surface area contributed by atoms with Crippen LogP contribution in [-0.2, 0) is 0 Å². The maximum Gasteiger partial charge on any atom is 0.171 e. The first kappa shape index (κ1) is 13.0. The van der Waals surface area contributed by atoms with E-state index < -0.39 is 0 Å². The van der Waals surface area contributed by atoms with E-state index in [4.69, 9.17) is 16.3 Å². The number of ether oxygens (including phenoxy) is 1. The lowest BCUT2D eigenvalue weighted by Gasteiger charge is -2.38. The lowest BCUT2D eigenvalue weighted by molar-refractivity contribution is 0.241. The van der Waals surface area contributed by atoms with Gasteiger partial charge in [-0.2, -0.15) is 0 Å². The monoisotopic (exact) mass is 280 g/mol. The fourth-order valence-corrected chi connectivity index (χ4v) is 3.79. The minimum Gasteiger partial charge on any atom is -0.487 e. The Bertz CT molecular complexity index is 438. The predicted octanol–water partition coefficient (Wildman–Crippen LogP) is 3.61. The number of piperidine rings is 1. The molecule has 3 nitrogen and oxygen atoms in total. The van der Waals surface area contributed by atoms with Gasteiger partial charge in [0.1, 0.15) is 0 Å². The summed E-state index contributed by atoms with van der Waals surface area (Å²) < 4.78 is 5.91. The third-order valence-electron chi connectivity index (χ3n) is 4.03. The third-order valence-corrected chi connectivity index (χ3v) is 4.39. The number of alkyl halides is 1. The van der Waals surface area contributed by atoms with Crippen LogP contribution in [-0.4, -0.2) is 28.5 Å². The van der Waals surface area contributed by atoms with Crippen LogP contribution in [0.15, 0.2) is 18.3 Å². The van der Waals surface area contributed by atoms with Crippen molar-refractivity contribution in [2.45, 2.75) is 63.1 Å². The van der Waals surface area contributed by atoms with Crippen LogP contribution in [0.5, 0.6) is 5.75 Å². The SMILES string of the molecule is CC(C)Oc1cccnc1N1C2CCC1CC(Cl)C2. The summed E-state index contributed by atoms with van der Waals surface area (Å²) in [5.74, 6) is 1.91. The molecular formula is C15H21ClN2O. The zero-order chi connectivity index (χ0) is 13.4. The van der Waals surface area contributed by atoms with E-state index in [0.29, 0.717) is 17.5 Å². The summed E-state index contributed by atoms with van der Waals surface area (Å²) in [6.07, 6.45) is 6.61. The molecule has 104 valence electrons. The van der Waals surface area contributed by atoms with Crippen LogP contribution in [0.25, 0.3) is 0 Å². The molecule has 3 rings (SSSR count). The van der Waals surface area contributed by atoms with Crippen molar-refractivity contribution in [1.29, 1.82) is 0 Å². The van der Waals surface area contributed by atoms with Gasteiger partial charge in [-0.25, -0.2) is 4.98 Å². The van der Waals surface area contributed by atoms with Crippen LogP contribution in [0.4, 0.5) is 5.82 Å². The number of hydrogen-bond donors (Lipinski definition) is 0. The number of aromatic nitrogens is 1. The number of pyridine rings is 1. The first-order valence-electron chi connectivity index (χ1n) is 7.19. The van der Waals surface area contributed by atoms with E-state index in [1.165, 1.54) is 12.8 Å². The smallest absolute Gasteiger partial charge is 0.171 e. The summed E-state index contributed by atoms with van der Waals surface area (Å²) in [7, 11) is 0. The Labute approximate surface area is 119 Å². The zero-order valence-electron chi connectivity index (χ0n) is 11.6. The molecule has 2 bridgehead atoms. The molecule has 2 fully saturated rings. The van der Waals surface area contributed by atoms with E-state index in [2.05, 4.69) is 23.7 Å². The molecule has 0 N–H and O–H groups in total. The molecule has 1 aromatic heterocycles. The summed E-state index contributed by atoms with van der Waals surface area (Å²) in [5, 5.41) is 0.326. The second kappa shape index (κ2) is 5.20. The van der Waals surface area contributed by atoms with Gasteiger partial charge in [0.25, 0.3) is 0 Å². The van der Waals surface area contributed by atoms with Crippen molar-refractivity contribution < 1.29 is 4.74 Å². The number of rotatable bonds is 3. The second-order valence-electron chi connectivity index (χ2n) is 5.85. The summed E-state index contributed by atoms with van der Waals surface area (Å²) in [5.41, 5.74) is 0. The van der Waals surface area contributed by atoms with Gasteiger partial charge in [0.05, 0.1) is 6.10 Å². The van der Waals surface area contributed by atoms with E-state index in [-0.39, 0.29) is 6.10 Å². The topological polar surface area (TPSA) is 25.4 Å². The van der Waals surface area contributed by atoms with E-state index in [9.17, 15) is 0 Å². The average molecular weight is 281 g/mol. The predicted molar refractivity (Wildman–Crippen MR) is 78.2 cm³/mol.